The van der Waals surface area contributed by atoms with Gasteiger partial charge >= 0.3 is 0 Å². The van der Waals surface area contributed by atoms with E-state index in [0.29, 0.717) is 22.9 Å². The van der Waals surface area contributed by atoms with Gasteiger partial charge < -0.3 is 5.32 Å². The standard InChI is InChI=1S/C19H24N2O2/c22-13-16-8-4-1-2-7-11-19(17(12-16)14-23)21-15-20-18-9-5-3-6-10-18/h4,7-8,11-15,18H,1-3,5-6,9-10H2,(H,20,21)/b8-4+,11-7+,16-12+,19-17-. The van der Waals surface area contributed by atoms with Crippen LogP contribution >= 0.6 is 0 Å². The maximum Gasteiger partial charge on any atom is 0.152 e. The van der Waals surface area contributed by atoms with Gasteiger partial charge in [0.2, 0.25) is 0 Å². The summed E-state index contributed by atoms with van der Waals surface area (Å²) in [7, 11) is 0. The van der Waals surface area contributed by atoms with E-state index in [4.69, 9.17) is 0 Å². The highest BCUT2D eigenvalue weighted by Crippen LogP contribution is 2.19. The number of carbonyl (C=O) groups excluding carboxylic acids is 2. The van der Waals surface area contributed by atoms with Crippen LogP contribution < -0.4 is 5.32 Å². The van der Waals surface area contributed by atoms with Crippen molar-refractivity contribution < 1.29 is 9.59 Å². The van der Waals surface area contributed by atoms with Crippen molar-refractivity contribution in [1.82, 2.24) is 5.32 Å². The summed E-state index contributed by atoms with van der Waals surface area (Å²) in [6.07, 6.45) is 20.2. The van der Waals surface area contributed by atoms with Crippen molar-refractivity contribution in [2.45, 2.75) is 51.0 Å². The summed E-state index contributed by atoms with van der Waals surface area (Å²) >= 11 is 0. The molecule has 0 aromatic heterocycles. The average Bonchev–Trinajstić information content (AvgIpc) is 2.60. The molecule has 1 N–H and O–H groups in total. The minimum atomic E-state index is 0.379. The van der Waals surface area contributed by atoms with Crippen LogP contribution in [-0.4, -0.2) is 25.0 Å². The van der Waals surface area contributed by atoms with Crippen molar-refractivity contribution in [1.29, 1.82) is 0 Å². The Morgan fingerprint density at radius 2 is 1.74 bits per heavy atom. The largest absolute Gasteiger partial charge is 0.346 e. The third kappa shape index (κ3) is 5.81. The lowest BCUT2D eigenvalue weighted by Crippen LogP contribution is -2.16. The monoisotopic (exact) mass is 312 g/mol. The highest BCUT2D eigenvalue weighted by atomic mass is 16.1. The van der Waals surface area contributed by atoms with E-state index < -0.39 is 0 Å². The highest BCUT2D eigenvalue weighted by Gasteiger charge is 2.10. The highest BCUT2D eigenvalue weighted by molar-refractivity contribution is 5.87. The topological polar surface area (TPSA) is 58.5 Å². The molecule has 1 saturated carbocycles. The average molecular weight is 312 g/mol. The molecule has 0 heterocycles. The summed E-state index contributed by atoms with van der Waals surface area (Å²) < 4.78 is 0. The molecule has 1 fully saturated rings. The molecule has 2 rings (SSSR count). The van der Waals surface area contributed by atoms with E-state index in [1.165, 1.54) is 19.3 Å². The van der Waals surface area contributed by atoms with Gasteiger partial charge in [0.15, 0.2) is 6.29 Å². The Morgan fingerprint density at radius 3 is 2.43 bits per heavy atom. The van der Waals surface area contributed by atoms with Crippen LogP contribution in [0, 0.1) is 0 Å². The molecule has 0 saturated heterocycles. The summed E-state index contributed by atoms with van der Waals surface area (Å²) in [6, 6.07) is 0.379. The molecule has 0 atom stereocenters. The summed E-state index contributed by atoms with van der Waals surface area (Å²) in [6.45, 7) is 0. The molecule has 23 heavy (non-hydrogen) atoms. The van der Waals surface area contributed by atoms with Gasteiger partial charge in [-0.25, -0.2) is 0 Å². The number of aliphatic imine (C=N–C) groups is 1. The molecule has 2 aliphatic carbocycles. The minimum Gasteiger partial charge on any atom is -0.346 e. The molecule has 4 nitrogen and oxygen atoms in total. The second-order valence-corrected chi connectivity index (χ2v) is 5.85. The van der Waals surface area contributed by atoms with E-state index in [1.807, 2.05) is 18.2 Å². The normalized spacial score (nSPS) is 28.6. The first-order chi connectivity index (χ1) is 11.3. The molecule has 0 aliphatic heterocycles. The van der Waals surface area contributed by atoms with Crippen LogP contribution in [0.5, 0.6) is 0 Å². The molecule has 0 spiro atoms. The molecule has 0 amide bonds. The van der Waals surface area contributed by atoms with E-state index in [-0.39, 0.29) is 0 Å². The first kappa shape index (κ1) is 17.1. The Balaban J connectivity index is 2.16. The fraction of sp³-hybridized carbons (Fsp3) is 0.421. The fourth-order valence-electron chi connectivity index (χ4n) is 2.76. The van der Waals surface area contributed by atoms with Crippen molar-refractivity contribution in [3.8, 4) is 0 Å². The van der Waals surface area contributed by atoms with Gasteiger partial charge in [0, 0.05) is 16.8 Å². The Labute approximate surface area is 137 Å². The minimum absolute atomic E-state index is 0.379. The predicted molar refractivity (Wildman–Crippen MR) is 93.3 cm³/mol. The van der Waals surface area contributed by atoms with Gasteiger partial charge in [-0.3, -0.25) is 14.6 Å². The number of rotatable bonds is 5. The van der Waals surface area contributed by atoms with Gasteiger partial charge in [-0.05, 0) is 37.8 Å². The van der Waals surface area contributed by atoms with Crippen molar-refractivity contribution in [3.05, 3.63) is 47.2 Å². The summed E-state index contributed by atoms with van der Waals surface area (Å²) in [4.78, 5) is 27.0. The van der Waals surface area contributed by atoms with Crippen LogP contribution in [-0.2, 0) is 9.59 Å². The van der Waals surface area contributed by atoms with Gasteiger partial charge in [-0.15, -0.1) is 0 Å². The fourth-order valence-corrected chi connectivity index (χ4v) is 2.76. The zero-order valence-corrected chi connectivity index (χ0v) is 13.4. The van der Waals surface area contributed by atoms with Crippen LogP contribution in [0.15, 0.2) is 52.2 Å². The maximum atomic E-state index is 11.4. The number of aldehydes is 2. The van der Waals surface area contributed by atoms with Crippen LogP contribution in [0.2, 0.25) is 0 Å². The number of hydrogen-bond acceptors (Lipinski definition) is 3. The number of allylic oxidation sites excluding steroid dienone is 7. The number of carbonyl (C=O) groups is 2. The third-order valence-electron chi connectivity index (χ3n) is 4.07. The Morgan fingerprint density at radius 1 is 1.00 bits per heavy atom. The molecule has 0 unspecified atom stereocenters. The van der Waals surface area contributed by atoms with Crippen LogP contribution in [0.1, 0.15) is 44.9 Å². The first-order valence-corrected chi connectivity index (χ1v) is 8.31. The molecule has 122 valence electrons. The van der Waals surface area contributed by atoms with Crippen molar-refractivity contribution in [2.75, 3.05) is 0 Å². The van der Waals surface area contributed by atoms with Gasteiger partial charge in [0.25, 0.3) is 0 Å². The quantitative estimate of drug-likeness (QED) is 0.481. The Hall–Kier alpha value is -2.23. The van der Waals surface area contributed by atoms with Gasteiger partial charge in [0.05, 0.1) is 12.4 Å². The second-order valence-electron chi connectivity index (χ2n) is 5.85. The summed E-state index contributed by atoms with van der Waals surface area (Å²) in [5.74, 6) is 0. The van der Waals surface area contributed by atoms with Gasteiger partial charge in [-0.2, -0.15) is 0 Å². The van der Waals surface area contributed by atoms with E-state index in [1.54, 1.807) is 18.5 Å². The van der Waals surface area contributed by atoms with Gasteiger partial charge in [0.1, 0.15) is 6.29 Å². The van der Waals surface area contributed by atoms with Crippen LogP contribution in [0.4, 0.5) is 0 Å². The van der Waals surface area contributed by atoms with Crippen LogP contribution in [0.3, 0.4) is 0 Å². The number of hydrogen-bond donors (Lipinski definition) is 1. The number of nitrogens with one attached hydrogen (secondary N) is 1. The molecule has 0 aromatic carbocycles. The zero-order valence-electron chi connectivity index (χ0n) is 13.4. The zero-order chi connectivity index (χ0) is 16.3. The van der Waals surface area contributed by atoms with E-state index in [9.17, 15) is 9.59 Å². The number of nitrogens with zero attached hydrogens (tertiary/aromatic N) is 1. The molecule has 0 aromatic rings. The molecule has 4 heteroatoms. The van der Waals surface area contributed by atoms with E-state index in [0.717, 1.165) is 38.3 Å². The van der Waals surface area contributed by atoms with Crippen molar-refractivity contribution in [3.63, 3.8) is 0 Å². The smallest absolute Gasteiger partial charge is 0.152 e. The first-order valence-electron chi connectivity index (χ1n) is 8.31. The van der Waals surface area contributed by atoms with Crippen LogP contribution in [0.25, 0.3) is 0 Å². The molecule has 2 aliphatic rings. The Bertz CT molecular complexity index is 562. The molecular weight excluding hydrogens is 288 g/mol. The second kappa shape index (κ2) is 9.72. The maximum absolute atomic E-state index is 11.4. The van der Waals surface area contributed by atoms with Gasteiger partial charge in [-0.1, -0.05) is 37.5 Å². The van der Waals surface area contributed by atoms with Crippen molar-refractivity contribution >= 4 is 18.9 Å². The lowest BCUT2D eigenvalue weighted by atomic mass is 9.96. The lowest BCUT2D eigenvalue weighted by Gasteiger charge is -2.17. The summed E-state index contributed by atoms with van der Waals surface area (Å²) in [5.41, 5.74) is 1.62. The third-order valence-corrected chi connectivity index (χ3v) is 4.07. The van der Waals surface area contributed by atoms with E-state index in [2.05, 4.69) is 10.3 Å². The lowest BCUT2D eigenvalue weighted by molar-refractivity contribution is -0.105. The SMILES string of the molecule is O=CC1=C(NC=NC2CCCCC2)/C=C/CC/C=C/C(C=O)=C\1. The Kier molecular flexibility index (Phi) is 7.24. The molecular formula is C19H24N2O2. The summed E-state index contributed by atoms with van der Waals surface area (Å²) in [5, 5.41) is 3.12. The molecule has 0 bridgehead atoms. The van der Waals surface area contributed by atoms with E-state index >= 15 is 0 Å². The molecule has 0 radical (unpaired) electrons. The predicted octanol–water partition coefficient (Wildman–Crippen LogP) is 3.42. The van der Waals surface area contributed by atoms with Crippen molar-refractivity contribution in [2.24, 2.45) is 4.99 Å².